The lowest BCUT2D eigenvalue weighted by atomic mass is 9.80. The molecule has 9 rings (SSSR count). The normalized spacial score (nSPS) is 26.0. The minimum atomic E-state index is -2.30. The van der Waals surface area contributed by atoms with Crippen LogP contribution in [0.5, 0.6) is 11.8 Å². The molecule has 8 nitrogen and oxygen atoms in total. The van der Waals surface area contributed by atoms with Gasteiger partial charge in [-0.3, -0.25) is 4.90 Å². The maximum Gasteiger partial charge on any atom is 0.319 e. The molecule has 0 amide bonds. The first-order valence-electron chi connectivity index (χ1n) is 22.9. The predicted octanol–water partition coefficient (Wildman–Crippen LogP) is 10.8. The zero-order valence-electron chi connectivity index (χ0n) is 37.2. The topological polar surface area (TPSA) is 72.8 Å². The van der Waals surface area contributed by atoms with Gasteiger partial charge in [-0.1, -0.05) is 66.9 Å². The third-order valence-electron chi connectivity index (χ3n) is 15.6. The van der Waals surface area contributed by atoms with Gasteiger partial charge in [0.1, 0.15) is 49.4 Å². The lowest BCUT2D eigenvalue weighted by molar-refractivity contribution is 0.0512. The van der Waals surface area contributed by atoms with Crippen LogP contribution >= 0.6 is 0 Å². The van der Waals surface area contributed by atoms with Crippen LogP contribution in [0.25, 0.3) is 32.9 Å². The number of fused-ring (bicyclic) bond motifs is 7. The molecule has 1 aliphatic carbocycles. The number of ether oxygens (including phenoxy) is 3. The summed E-state index contributed by atoms with van der Waals surface area (Å²) < 4.78 is 67.4. The summed E-state index contributed by atoms with van der Waals surface area (Å²) in [5, 5.41) is 1.76. The van der Waals surface area contributed by atoms with Gasteiger partial charge < -0.3 is 19.1 Å². The third-order valence-corrected chi connectivity index (χ3v) is 21.9. The van der Waals surface area contributed by atoms with Gasteiger partial charge in [0, 0.05) is 43.6 Å². The molecular formula is C49H62F3N5O3Si. The maximum atomic E-state index is 18.1. The fraction of sp³-hybridized carbons (Fsp3) is 0.612. The lowest BCUT2D eigenvalue weighted by Crippen LogP contribution is -2.50. The number of anilines is 1. The molecule has 326 valence electrons. The second-order valence-corrected chi connectivity index (χ2v) is 25.4. The Labute approximate surface area is 360 Å². The van der Waals surface area contributed by atoms with Crippen LogP contribution in [0.15, 0.2) is 24.3 Å². The molecular weight excluding hydrogens is 792 g/mol. The van der Waals surface area contributed by atoms with Gasteiger partial charge in [0.25, 0.3) is 0 Å². The second kappa shape index (κ2) is 16.3. The molecule has 4 aromatic rings. The van der Waals surface area contributed by atoms with Gasteiger partial charge in [-0.25, -0.2) is 18.2 Å². The van der Waals surface area contributed by atoms with Gasteiger partial charge >= 0.3 is 6.01 Å². The van der Waals surface area contributed by atoms with Crippen molar-refractivity contribution < 1.29 is 27.4 Å². The Bertz CT molecular complexity index is 2380. The van der Waals surface area contributed by atoms with E-state index in [0.717, 1.165) is 44.5 Å². The van der Waals surface area contributed by atoms with E-state index in [4.69, 9.17) is 29.2 Å². The molecule has 2 aromatic heterocycles. The van der Waals surface area contributed by atoms with E-state index in [-0.39, 0.29) is 48.1 Å². The van der Waals surface area contributed by atoms with Gasteiger partial charge in [-0.2, -0.15) is 9.97 Å². The first-order valence-corrected chi connectivity index (χ1v) is 25.1. The van der Waals surface area contributed by atoms with E-state index in [1.807, 2.05) is 6.07 Å². The van der Waals surface area contributed by atoms with Crippen LogP contribution in [0.4, 0.5) is 19.0 Å². The number of halogens is 3. The summed E-state index contributed by atoms with van der Waals surface area (Å²) >= 11 is 0. The molecule has 12 heteroatoms. The SMILES string of the molecule is CC[C@@H]1Cc2nc(-c3cc(OCOC)cc4ccc(F)c(C#C[Si](C(C)C)(C(C)C)C(C)C)c34)c(F)c3nc(OC[C@@]45CCCN4C[C@H](F)C5)nc(c23)N2C[C@H]3CC[C@H](C3)[C@H]12. The highest BCUT2D eigenvalue weighted by Gasteiger charge is 2.50. The van der Waals surface area contributed by atoms with Crippen molar-refractivity contribution in [2.24, 2.45) is 17.8 Å². The van der Waals surface area contributed by atoms with E-state index in [1.54, 1.807) is 19.2 Å². The molecule has 0 N–H and O–H groups in total. The molecule has 0 spiro atoms. The Hall–Kier alpha value is -3.92. The average molecular weight is 854 g/mol. The van der Waals surface area contributed by atoms with Crippen molar-refractivity contribution in [1.29, 1.82) is 0 Å². The second-order valence-electron chi connectivity index (χ2n) is 19.8. The summed E-state index contributed by atoms with van der Waals surface area (Å²) in [6.45, 7) is 17.9. The number of piperidine rings is 1. The molecule has 4 aliphatic heterocycles. The number of alkyl halides is 1. The first-order chi connectivity index (χ1) is 29.3. The van der Waals surface area contributed by atoms with Crippen LogP contribution in [0, 0.1) is 40.9 Å². The average Bonchev–Trinajstić information content (AvgIpc) is 3.87. The van der Waals surface area contributed by atoms with Crippen molar-refractivity contribution >= 4 is 35.6 Å². The van der Waals surface area contributed by atoms with E-state index < -0.39 is 31.4 Å². The number of rotatable bonds is 11. The molecule has 2 bridgehead atoms. The molecule has 3 saturated heterocycles. The van der Waals surface area contributed by atoms with E-state index in [9.17, 15) is 4.39 Å². The molecule has 0 unspecified atom stereocenters. The zero-order valence-corrected chi connectivity index (χ0v) is 38.2. The molecule has 0 radical (unpaired) electrons. The first kappa shape index (κ1) is 42.4. The number of hydrogen-bond acceptors (Lipinski definition) is 8. The maximum absolute atomic E-state index is 18.1. The van der Waals surface area contributed by atoms with Gasteiger partial charge in [0.2, 0.25) is 0 Å². The van der Waals surface area contributed by atoms with E-state index in [2.05, 4.69) is 69.7 Å². The number of aromatic nitrogens is 3. The fourth-order valence-corrected chi connectivity index (χ4v) is 18.1. The summed E-state index contributed by atoms with van der Waals surface area (Å²) in [5.74, 6) is 4.71. The Balaban J connectivity index is 1.29. The monoisotopic (exact) mass is 853 g/mol. The van der Waals surface area contributed by atoms with Crippen LogP contribution in [0.1, 0.15) is 105 Å². The summed E-state index contributed by atoms with van der Waals surface area (Å²) in [4.78, 5) is 20.0. The van der Waals surface area contributed by atoms with Gasteiger partial charge in [-0.05, 0) is 103 Å². The molecule has 61 heavy (non-hydrogen) atoms. The number of nitrogens with zero attached hydrogens (tertiary/aromatic N) is 5. The number of benzene rings is 2. The van der Waals surface area contributed by atoms with Crippen molar-refractivity contribution in [2.75, 3.05) is 45.0 Å². The van der Waals surface area contributed by atoms with Gasteiger partial charge in [0.05, 0.1) is 22.2 Å². The standard InChI is InChI=1S/C49H62F3N5O3Si/c1-9-32-21-40-42-45(54-48(59-26-49-16-10-17-56(49)25-35(50)23-49)55-47(42)57-24-31-11-12-34(19-31)46(32)57)43(52)44(53-40)38-22-36(60-27-58-8)20-33-13-14-39(51)37(41(33)38)15-18-61(28(2)3,29(4)5)30(6)7/h13-14,20,22,28-32,34-35,46H,9-12,16-17,19,21,23-27H2,1-8H3/t31-,32+,34+,35+,46-,49-/m0/s1. The highest BCUT2D eigenvalue weighted by molar-refractivity contribution is 6.90. The smallest absolute Gasteiger partial charge is 0.319 e. The summed E-state index contributed by atoms with van der Waals surface area (Å²) in [5.41, 5.74) is 5.83. The third kappa shape index (κ3) is 7.09. The van der Waals surface area contributed by atoms with Crippen LogP contribution in [-0.4, -0.2) is 85.8 Å². The largest absolute Gasteiger partial charge is 0.468 e. The molecule has 2 aromatic carbocycles. The summed E-state index contributed by atoms with van der Waals surface area (Å²) in [6, 6.07) is 7.03. The fourth-order valence-electron chi connectivity index (χ4n) is 12.9. The Morgan fingerprint density at radius 3 is 2.49 bits per heavy atom. The number of pyridine rings is 1. The van der Waals surface area contributed by atoms with Gasteiger partial charge in [0.15, 0.2) is 12.6 Å². The van der Waals surface area contributed by atoms with Crippen LogP contribution in [0.2, 0.25) is 16.6 Å². The van der Waals surface area contributed by atoms with Crippen LogP contribution in [0.3, 0.4) is 0 Å². The summed E-state index contributed by atoms with van der Waals surface area (Å²) in [7, 11) is -0.754. The van der Waals surface area contributed by atoms with Crippen LogP contribution < -0.4 is 14.4 Å². The highest BCUT2D eigenvalue weighted by Crippen LogP contribution is 2.51. The molecule has 1 saturated carbocycles. The molecule has 4 fully saturated rings. The molecule has 6 heterocycles. The highest BCUT2D eigenvalue weighted by atomic mass is 28.3. The Morgan fingerprint density at radius 2 is 1.75 bits per heavy atom. The quantitative estimate of drug-likeness (QED) is 0.0839. The number of methoxy groups -OCH3 is 1. The Morgan fingerprint density at radius 1 is 0.967 bits per heavy atom. The van der Waals surface area contributed by atoms with Crippen molar-refractivity contribution in [2.45, 2.75) is 134 Å². The predicted molar refractivity (Wildman–Crippen MR) is 239 cm³/mol. The molecule has 6 atom stereocenters. The van der Waals surface area contributed by atoms with E-state index >= 15 is 8.78 Å². The molecule has 5 aliphatic rings. The van der Waals surface area contributed by atoms with E-state index in [1.165, 1.54) is 18.9 Å². The van der Waals surface area contributed by atoms with Crippen molar-refractivity contribution in [1.82, 2.24) is 19.9 Å². The van der Waals surface area contributed by atoms with Crippen molar-refractivity contribution in [3.8, 4) is 34.5 Å². The van der Waals surface area contributed by atoms with Crippen LogP contribution in [-0.2, 0) is 11.2 Å². The van der Waals surface area contributed by atoms with Crippen molar-refractivity contribution in [3.63, 3.8) is 0 Å². The van der Waals surface area contributed by atoms with Crippen molar-refractivity contribution in [3.05, 3.63) is 47.2 Å². The zero-order chi connectivity index (χ0) is 43.0. The van der Waals surface area contributed by atoms with Gasteiger partial charge in [-0.15, -0.1) is 5.54 Å². The van der Waals surface area contributed by atoms with E-state index in [0.29, 0.717) is 81.1 Å². The summed E-state index contributed by atoms with van der Waals surface area (Å²) in [6.07, 6.45) is 6.39. The minimum Gasteiger partial charge on any atom is -0.468 e. The minimum absolute atomic E-state index is 0.0279. The lowest BCUT2D eigenvalue weighted by Gasteiger charge is -2.44. The Kier molecular flexibility index (Phi) is 11.3. The number of hydrogen-bond donors (Lipinski definition) is 0.